The van der Waals surface area contributed by atoms with E-state index in [1.165, 1.54) is 0 Å². The zero-order valence-corrected chi connectivity index (χ0v) is 10.6. The topological polar surface area (TPSA) is 55.5 Å². The zero-order chi connectivity index (χ0) is 11.5. The zero-order valence-electron chi connectivity index (χ0n) is 9.03. The summed E-state index contributed by atoms with van der Waals surface area (Å²) in [6, 6.07) is 5.78. The van der Waals surface area contributed by atoms with Crippen LogP contribution in [0.15, 0.2) is 22.7 Å². The van der Waals surface area contributed by atoms with Crippen molar-refractivity contribution in [3.05, 3.63) is 28.2 Å². The Morgan fingerprint density at radius 3 is 2.88 bits per heavy atom. The number of aliphatic hydroxyl groups excluding tert-OH is 1. The molecule has 1 aromatic carbocycles. The average Bonchev–Trinajstić information content (AvgIpc) is 2.67. The van der Waals surface area contributed by atoms with Crippen LogP contribution in [0.3, 0.4) is 0 Å². The summed E-state index contributed by atoms with van der Waals surface area (Å²) in [5.41, 5.74) is 6.63. The minimum absolute atomic E-state index is 0.0773. The molecule has 16 heavy (non-hydrogen) atoms. The summed E-state index contributed by atoms with van der Waals surface area (Å²) in [4.78, 5) is 0. The van der Waals surface area contributed by atoms with E-state index >= 15 is 0 Å². The monoisotopic (exact) mass is 285 g/mol. The predicted molar refractivity (Wildman–Crippen MR) is 66.3 cm³/mol. The van der Waals surface area contributed by atoms with Crippen LogP contribution in [0.5, 0.6) is 5.75 Å². The molecule has 0 saturated heterocycles. The fourth-order valence-electron chi connectivity index (χ4n) is 2.03. The quantitative estimate of drug-likeness (QED) is 0.895. The van der Waals surface area contributed by atoms with Gasteiger partial charge in [0, 0.05) is 16.6 Å². The third-order valence-corrected chi connectivity index (χ3v) is 3.43. The lowest BCUT2D eigenvalue weighted by atomic mass is 10.2. The first-order chi connectivity index (χ1) is 7.70. The molecule has 1 fully saturated rings. The Morgan fingerprint density at radius 1 is 1.44 bits per heavy atom. The van der Waals surface area contributed by atoms with Gasteiger partial charge in [-0.15, -0.1) is 0 Å². The Bertz CT molecular complexity index is 370. The highest BCUT2D eigenvalue weighted by Crippen LogP contribution is 2.28. The van der Waals surface area contributed by atoms with Crippen LogP contribution in [-0.2, 0) is 6.54 Å². The van der Waals surface area contributed by atoms with E-state index in [2.05, 4.69) is 15.9 Å². The van der Waals surface area contributed by atoms with Crippen LogP contribution < -0.4 is 10.5 Å². The van der Waals surface area contributed by atoms with Gasteiger partial charge < -0.3 is 15.6 Å². The van der Waals surface area contributed by atoms with Crippen molar-refractivity contribution in [2.75, 3.05) is 0 Å². The minimum atomic E-state index is -0.339. The fraction of sp³-hybridized carbons (Fsp3) is 0.500. The summed E-state index contributed by atoms with van der Waals surface area (Å²) in [7, 11) is 0. The van der Waals surface area contributed by atoms with E-state index in [1.54, 1.807) is 0 Å². The van der Waals surface area contributed by atoms with Gasteiger partial charge in [-0.3, -0.25) is 0 Å². The van der Waals surface area contributed by atoms with Crippen molar-refractivity contribution in [1.29, 1.82) is 0 Å². The second-order valence-corrected chi connectivity index (χ2v) is 5.03. The molecule has 0 heterocycles. The molecular formula is C12H16BrNO2. The molecule has 0 aromatic heterocycles. The Morgan fingerprint density at radius 2 is 2.25 bits per heavy atom. The molecule has 0 spiro atoms. The number of rotatable bonds is 3. The van der Waals surface area contributed by atoms with Crippen molar-refractivity contribution < 1.29 is 9.84 Å². The van der Waals surface area contributed by atoms with Gasteiger partial charge in [-0.05, 0) is 37.5 Å². The Kier molecular flexibility index (Phi) is 3.84. The van der Waals surface area contributed by atoms with Crippen LogP contribution in [-0.4, -0.2) is 17.3 Å². The minimum Gasteiger partial charge on any atom is -0.487 e. The molecule has 1 aliphatic rings. The molecule has 4 heteroatoms. The summed E-state index contributed by atoms with van der Waals surface area (Å²) in [6.07, 6.45) is 2.36. The molecule has 88 valence electrons. The molecule has 0 amide bonds. The number of hydrogen-bond donors (Lipinski definition) is 2. The first-order valence-electron chi connectivity index (χ1n) is 5.54. The van der Waals surface area contributed by atoms with Gasteiger partial charge in [0.25, 0.3) is 0 Å². The molecule has 2 atom stereocenters. The lowest BCUT2D eigenvalue weighted by Crippen LogP contribution is -2.26. The van der Waals surface area contributed by atoms with E-state index in [4.69, 9.17) is 10.5 Å². The predicted octanol–water partition coefficient (Wildman–Crippen LogP) is 2.20. The molecule has 2 rings (SSSR count). The third-order valence-electron chi connectivity index (χ3n) is 2.94. The van der Waals surface area contributed by atoms with Crippen LogP contribution in [0.25, 0.3) is 0 Å². The standard InChI is InChI=1S/C12H16BrNO2/c13-9-4-5-11(8(6-9)7-14)16-12-3-1-2-10(12)15/h4-6,10,12,15H,1-3,7,14H2. The summed E-state index contributed by atoms with van der Waals surface area (Å²) in [6.45, 7) is 0.442. The second-order valence-electron chi connectivity index (χ2n) is 4.11. The molecule has 0 aliphatic heterocycles. The van der Waals surface area contributed by atoms with E-state index in [1.807, 2.05) is 18.2 Å². The lowest BCUT2D eigenvalue weighted by molar-refractivity contribution is 0.0598. The summed E-state index contributed by atoms with van der Waals surface area (Å²) in [5, 5.41) is 9.70. The van der Waals surface area contributed by atoms with Crippen molar-refractivity contribution in [2.24, 2.45) is 5.73 Å². The van der Waals surface area contributed by atoms with E-state index in [-0.39, 0.29) is 12.2 Å². The number of hydrogen-bond acceptors (Lipinski definition) is 3. The highest BCUT2D eigenvalue weighted by atomic mass is 79.9. The van der Waals surface area contributed by atoms with Crippen LogP contribution >= 0.6 is 15.9 Å². The van der Waals surface area contributed by atoms with E-state index in [0.29, 0.717) is 6.54 Å². The largest absolute Gasteiger partial charge is 0.487 e. The van der Waals surface area contributed by atoms with Crippen molar-refractivity contribution in [2.45, 2.75) is 38.0 Å². The number of aliphatic hydroxyl groups is 1. The number of halogens is 1. The van der Waals surface area contributed by atoms with Crippen molar-refractivity contribution in [1.82, 2.24) is 0 Å². The number of benzene rings is 1. The first kappa shape index (κ1) is 11.9. The van der Waals surface area contributed by atoms with Crippen LogP contribution in [0, 0.1) is 0 Å². The third kappa shape index (κ3) is 2.56. The Labute approximate surface area is 104 Å². The van der Waals surface area contributed by atoms with Gasteiger partial charge in [-0.1, -0.05) is 15.9 Å². The first-order valence-corrected chi connectivity index (χ1v) is 6.33. The number of nitrogens with two attached hydrogens (primary N) is 1. The second kappa shape index (κ2) is 5.17. The van der Waals surface area contributed by atoms with Gasteiger partial charge in [0.15, 0.2) is 0 Å². The van der Waals surface area contributed by atoms with Crippen LogP contribution in [0.1, 0.15) is 24.8 Å². The SMILES string of the molecule is NCc1cc(Br)ccc1OC1CCCC1O. The van der Waals surface area contributed by atoms with Crippen molar-refractivity contribution >= 4 is 15.9 Å². The molecule has 2 unspecified atom stereocenters. The van der Waals surface area contributed by atoms with Gasteiger partial charge >= 0.3 is 0 Å². The number of ether oxygens (including phenoxy) is 1. The van der Waals surface area contributed by atoms with Crippen LogP contribution in [0.4, 0.5) is 0 Å². The van der Waals surface area contributed by atoms with Crippen molar-refractivity contribution in [3.8, 4) is 5.75 Å². The van der Waals surface area contributed by atoms with E-state index in [9.17, 15) is 5.11 Å². The maximum Gasteiger partial charge on any atom is 0.124 e. The van der Waals surface area contributed by atoms with Gasteiger partial charge in [0.2, 0.25) is 0 Å². The highest BCUT2D eigenvalue weighted by Gasteiger charge is 2.27. The summed E-state index contributed by atoms with van der Waals surface area (Å²) >= 11 is 3.40. The maximum atomic E-state index is 9.70. The molecule has 0 radical (unpaired) electrons. The fourth-order valence-corrected chi connectivity index (χ4v) is 2.44. The molecule has 0 bridgehead atoms. The van der Waals surface area contributed by atoms with Crippen molar-refractivity contribution in [3.63, 3.8) is 0 Å². The summed E-state index contributed by atoms with van der Waals surface area (Å²) in [5.74, 6) is 0.789. The smallest absolute Gasteiger partial charge is 0.124 e. The normalized spacial score (nSPS) is 24.7. The van der Waals surface area contributed by atoms with E-state index < -0.39 is 0 Å². The molecule has 1 aromatic rings. The summed E-state index contributed by atoms with van der Waals surface area (Å²) < 4.78 is 6.81. The van der Waals surface area contributed by atoms with Gasteiger partial charge in [-0.25, -0.2) is 0 Å². The van der Waals surface area contributed by atoms with Crippen LogP contribution in [0.2, 0.25) is 0 Å². The molecule has 1 saturated carbocycles. The lowest BCUT2D eigenvalue weighted by Gasteiger charge is -2.19. The molecule has 3 nitrogen and oxygen atoms in total. The molecule has 3 N–H and O–H groups in total. The van der Waals surface area contributed by atoms with E-state index in [0.717, 1.165) is 35.0 Å². The Balaban J connectivity index is 2.14. The molecule has 1 aliphatic carbocycles. The average molecular weight is 286 g/mol. The van der Waals surface area contributed by atoms with Gasteiger partial charge in [0.1, 0.15) is 11.9 Å². The van der Waals surface area contributed by atoms with Gasteiger partial charge in [-0.2, -0.15) is 0 Å². The maximum absolute atomic E-state index is 9.70. The highest BCUT2D eigenvalue weighted by molar-refractivity contribution is 9.10. The molecular weight excluding hydrogens is 270 g/mol. The Hall–Kier alpha value is -0.580. The van der Waals surface area contributed by atoms with Gasteiger partial charge in [0.05, 0.1) is 6.10 Å².